The lowest BCUT2D eigenvalue weighted by molar-refractivity contribution is 0.0786. The van der Waals surface area contributed by atoms with Crippen LogP contribution in [0.2, 0.25) is 0 Å². The van der Waals surface area contributed by atoms with Crippen molar-refractivity contribution in [2.45, 2.75) is 19.8 Å². The fraction of sp³-hybridized carbons (Fsp3) is 0.318. The van der Waals surface area contributed by atoms with Gasteiger partial charge in [0.1, 0.15) is 5.75 Å². The van der Waals surface area contributed by atoms with Gasteiger partial charge in [-0.05, 0) is 37.1 Å². The number of rotatable bonds is 5. The van der Waals surface area contributed by atoms with Crippen molar-refractivity contribution in [1.82, 2.24) is 15.0 Å². The van der Waals surface area contributed by atoms with Crippen LogP contribution in [0.15, 0.2) is 59.1 Å². The van der Waals surface area contributed by atoms with Crippen LogP contribution in [0.1, 0.15) is 36.0 Å². The maximum absolute atomic E-state index is 12.9. The quantitative estimate of drug-likeness (QED) is 0.672. The van der Waals surface area contributed by atoms with Crippen LogP contribution in [0.25, 0.3) is 11.4 Å². The molecule has 1 amide bonds. The molecule has 1 saturated heterocycles. The zero-order chi connectivity index (χ0) is 19.5. The van der Waals surface area contributed by atoms with Crippen LogP contribution in [-0.4, -0.2) is 40.6 Å². The summed E-state index contributed by atoms with van der Waals surface area (Å²) in [4.78, 5) is 19.3. The Morgan fingerprint density at radius 3 is 2.61 bits per heavy atom. The maximum Gasteiger partial charge on any atom is 0.253 e. The molecular weight excluding hydrogens is 354 g/mol. The Balaban J connectivity index is 1.47. The molecule has 6 nitrogen and oxygen atoms in total. The van der Waals surface area contributed by atoms with Crippen molar-refractivity contribution < 1.29 is 14.1 Å². The first-order valence-corrected chi connectivity index (χ1v) is 9.57. The molecule has 0 bridgehead atoms. The molecule has 3 aromatic rings. The van der Waals surface area contributed by atoms with E-state index in [4.69, 9.17) is 9.26 Å². The molecule has 144 valence electrons. The summed E-state index contributed by atoms with van der Waals surface area (Å²) in [5.74, 6) is 2.24. The van der Waals surface area contributed by atoms with Gasteiger partial charge in [-0.15, -0.1) is 0 Å². The molecule has 2 unspecified atom stereocenters. The van der Waals surface area contributed by atoms with E-state index in [0.717, 1.165) is 11.3 Å². The number of likely N-dealkylation sites (tertiary alicyclic amines) is 1. The lowest BCUT2D eigenvalue weighted by Crippen LogP contribution is -2.28. The van der Waals surface area contributed by atoms with Gasteiger partial charge in [-0.25, -0.2) is 0 Å². The normalized spacial score (nSPS) is 19.0. The first kappa shape index (κ1) is 18.2. The van der Waals surface area contributed by atoms with Crippen LogP contribution in [0, 0.1) is 5.92 Å². The largest absolute Gasteiger partial charge is 0.494 e. The van der Waals surface area contributed by atoms with E-state index in [1.165, 1.54) is 0 Å². The number of amides is 1. The van der Waals surface area contributed by atoms with Crippen molar-refractivity contribution in [2.75, 3.05) is 19.7 Å². The Morgan fingerprint density at radius 1 is 1.14 bits per heavy atom. The van der Waals surface area contributed by atoms with Crippen LogP contribution < -0.4 is 4.74 Å². The second-order valence-electron chi connectivity index (χ2n) is 7.07. The van der Waals surface area contributed by atoms with Crippen LogP contribution >= 0.6 is 0 Å². The van der Waals surface area contributed by atoms with Gasteiger partial charge in [0.25, 0.3) is 5.91 Å². The van der Waals surface area contributed by atoms with Gasteiger partial charge in [0.15, 0.2) is 0 Å². The van der Waals surface area contributed by atoms with Crippen molar-refractivity contribution in [1.29, 1.82) is 0 Å². The summed E-state index contributed by atoms with van der Waals surface area (Å²) < 4.78 is 11.0. The van der Waals surface area contributed by atoms with Gasteiger partial charge in [0.2, 0.25) is 11.7 Å². The third-order valence-corrected chi connectivity index (χ3v) is 5.10. The molecule has 0 saturated carbocycles. The topological polar surface area (TPSA) is 68.5 Å². The van der Waals surface area contributed by atoms with E-state index in [1.54, 1.807) is 0 Å². The third-order valence-electron chi connectivity index (χ3n) is 5.10. The van der Waals surface area contributed by atoms with E-state index in [0.29, 0.717) is 37.0 Å². The summed E-state index contributed by atoms with van der Waals surface area (Å²) >= 11 is 0. The first-order chi connectivity index (χ1) is 13.7. The molecule has 1 aliphatic heterocycles. The molecule has 0 N–H and O–H groups in total. The third kappa shape index (κ3) is 3.63. The first-order valence-electron chi connectivity index (χ1n) is 9.57. The minimum Gasteiger partial charge on any atom is -0.494 e. The van der Waals surface area contributed by atoms with Crippen molar-refractivity contribution >= 4 is 5.91 Å². The van der Waals surface area contributed by atoms with Gasteiger partial charge in [-0.3, -0.25) is 4.79 Å². The van der Waals surface area contributed by atoms with E-state index >= 15 is 0 Å². The molecule has 2 aromatic carbocycles. The zero-order valence-corrected chi connectivity index (χ0v) is 16.0. The summed E-state index contributed by atoms with van der Waals surface area (Å²) in [6.45, 7) is 5.89. The highest BCUT2D eigenvalue weighted by Gasteiger charge is 2.37. The minimum atomic E-state index is 0.0141. The van der Waals surface area contributed by atoms with Crippen molar-refractivity contribution in [3.05, 3.63) is 66.1 Å². The number of hydrogen-bond donors (Lipinski definition) is 0. The number of hydrogen-bond acceptors (Lipinski definition) is 5. The van der Waals surface area contributed by atoms with E-state index in [-0.39, 0.29) is 17.7 Å². The van der Waals surface area contributed by atoms with Crippen molar-refractivity contribution in [2.24, 2.45) is 5.92 Å². The van der Waals surface area contributed by atoms with Crippen LogP contribution in [0.3, 0.4) is 0 Å². The number of ether oxygens (including phenoxy) is 1. The second-order valence-corrected chi connectivity index (χ2v) is 7.07. The Kier molecular flexibility index (Phi) is 5.10. The standard InChI is InChI=1S/C22H23N3O3/c1-3-27-18-11-9-17(10-12-18)22(26)25-13-15(2)19(14-25)21-23-20(24-28-21)16-7-5-4-6-8-16/h4-12,15,19H,3,13-14H2,1-2H3. The molecule has 1 aliphatic rings. The molecule has 0 aliphatic carbocycles. The lowest BCUT2D eigenvalue weighted by atomic mass is 9.98. The molecule has 4 rings (SSSR count). The number of carbonyl (C=O) groups is 1. The number of nitrogens with zero attached hydrogens (tertiary/aromatic N) is 3. The van der Waals surface area contributed by atoms with Gasteiger partial charge >= 0.3 is 0 Å². The van der Waals surface area contributed by atoms with Crippen LogP contribution in [0.5, 0.6) is 5.75 Å². The summed E-state index contributed by atoms with van der Waals surface area (Å²) in [5.41, 5.74) is 1.58. The molecule has 28 heavy (non-hydrogen) atoms. The van der Waals surface area contributed by atoms with E-state index in [2.05, 4.69) is 17.1 Å². The van der Waals surface area contributed by atoms with Gasteiger partial charge < -0.3 is 14.2 Å². The molecule has 2 atom stereocenters. The number of benzene rings is 2. The van der Waals surface area contributed by atoms with Crippen molar-refractivity contribution in [3.63, 3.8) is 0 Å². The summed E-state index contributed by atoms with van der Waals surface area (Å²) in [5, 5.41) is 4.12. The molecule has 0 radical (unpaired) electrons. The van der Waals surface area contributed by atoms with E-state index < -0.39 is 0 Å². The SMILES string of the molecule is CCOc1ccc(C(=O)N2CC(C)C(c3nc(-c4ccccc4)no3)C2)cc1. The molecule has 2 heterocycles. The van der Waals surface area contributed by atoms with E-state index in [9.17, 15) is 4.79 Å². The smallest absolute Gasteiger partial charge is 0.253 e. The predicted octanol–water partition coefficient (Wildman–Crippen LogP) is 4.01. The lowest BCUT2D eigenvalue weighted by Gasteiger charge is -2.16. The Morgan fingerprint density at radius 2 is 1.89 bits per heavy atom. The summed E-state index contributed by atoms with van der Waals surface area (Å²) in [7, 11) is 0. The van der Waals surface area contributed by atoms with Crippen LogP contribution in [-0.2, 0) is 0 Å². The molecule has 1 aromatic heterocycles. The fourth-order valence-electron chi connectivity index (χ4n) is 3.59. The zero-order valence-electron chi connectivity index (χ0n) is 16.0. The average molecular weight is 377 g/mol. The fourth-order valence-corrected chi connectivity index (χ4v) is 3.59. The van der Waals surface area contributed by atoms with Crippen molar-refractivity contribution in [3.8, 4) is 17.1 Å². The van der Waals surface area contributed by atoms with Gasteiger partial charge in [-0.2, -0.15) is 4.98 Å². The Bertz CT molecular complexity index is 937. The minimum absolute atomic E-state index is 0.0141. The highest BCUT2D eigenvalue weighted by molar-refractivity contribution is 5.94. The van der Waals surface area contributed by atoms with Gasteiger partial charge in [0.05, 0.1) is 12.5 Å². The number of aromatic nitrogens is 2. The predicted molar refractivity (Wildman–Crippen MR) is 105 cm³/mol. The summed E-state index contributed by atoms with van der Waals surface area (Å²) in [6.07, 6.45) is 0. The second kappa shape index (κ2) is 7.84. The highest BCUT2D eigenvalue weighted by Crippen LogP contribution is 2.33. The average Bonchev–Trinajstić information content (AvgIpc) is 3.36. The van der Waals surface area contributed by atoms with Crippen LogP contribution in [0.4, 0.5) is 0 Å². The molecule has 1 fully saturated rings. The maximum atomic E-state index is 12.9. The monoisotopic (exact) mass is 377 g/mol. The number of carbonyl (C=O) groups excluding carboxylic acids is 1. The molecular formula is C22H23N3O3. The summed E-state index contributed by atoms with van der Waals surface area (Å²) in [6, 6.07) is 17.0. The van der Waals surface area contributed by atoms with E-state index in [1.807, 2.05) is 66.4 Å². The highest BCUT2D eigenvalue weighted by atomic mass is 16.5. The van der Waals surface area contributed by atoms with Gasteiger partial charge in [-0.1, -0.05) is 42.4 Å². The van der Waals surface area contributed by atoms with Gasteiger partial charge in [0, 0.05) is 24.2 Å². The Labute approximate surface area is 164 Å². The molecule has 0 spiro atoms. The Hall–Kier alpha value is -3.15. The molecule has 6 heteroatoms.